The van der Waals surface area contributed by atoms with E-state index < -0.39 is 12.1 Å². The van der Waals surface area contributed by atoms with Crippen LogP contribution >= 0.6 is 0 Å². The Bertz CT molecular complexity index is 888. The molecule has 0 spiro atoms. The number of carbonyl (C=O) groups is 1. The Morgan fingerprint density at radius 1 is 0.453 bits per heavy atom. The molecule has 0 aromatic heterocycles. The van der Waals surface area contributed by atoms with Crippen LogP contribution < -0.4 is 5.32 Å². The molecule has 0 aromatic rings. The summed E-state index contributed by atoms with van der Waals surface area (Å²) in [6, 6.07) is -0.638. The standard InChI is InChI=1S/C49H89NO3/c1-3-5-7-9-11-13-15-16-17-18-19-20-21-22-23-24-25-26-27-28-29-30-31-32-33-34-35-37-39-41-43-45-49(53)50-47(46-51)48(52)44-42-40-38-36-14-12-10-8-6-4-2/h14-16,18-19,21-22,36,42,44,47-48,51-52H,3-13,17,20,23-35,37-41,43,45-46H2,1-2H3,(H,50,53)/b16-15-,19-18-,22-21-,36-14+,44-42+. The maximum atomic E-state index is 12.3. The van der Waals surface area contributed by atoms with Crippen LogP contribution in [-0.4, -0.2) is 34.9 Å². The smallest absolute Gasteiger partial charge is 0.220 e. The fraction of sp³-hybridized carbons (Fsp3) is 0.776. The first-order valence-electron chi connectivity index (χ1n) is 23.0. The van der Waals surface area contributed by atoms with Gasteiger partial charge in [-0.2, -0.15) is 0 Å². The number of hydrogen-bond donors (Lipinski definition) is 3. The molecule has 0 heterocycles. The molecule has 0 aliphatic heterocycles. The van der Waals surface area contributed by atoms with E-state index in [1.54, 1.807) is 6.08 Å². The van der Waals surface area contributed by atoms with Gasteiger partial charge >= 0.3 is 0 Å². The van der Waals surface area contributed by atoms with Crippen molar-refractivity contribution >= 4 is 5.91 Å². The third-order valence-electron chi connectivity index (χ3n) is 10.2. The fourth-order valence-corrected chi connectivity index (χ4v) is 6.67. The summed E-state index contributed by atoms with van der Waals surface area (Å²) < 4.78 is 0. The molecule has 4 nitrogen and oxygen atoms in total. The van der Waals surface area contributed by atoms with Crippen LogP contribution in [0, 0.1) is 0 Å². The normalized spacial score (nSPS) is 13.5. The summed E-state index contributed by atoms with van der Waals surface area (Å²) in [7, 11) is 0. The van der Waals surface area contributed by atoms with Gasteiger partial charge in [-0.15, -0.1) is 0 Å². The topological polar surface area (TPSA) is 69.6 Å². The largest absolute Gasteiger partial charge is 0.394 e. The summed E-state index contributed by atoms with van der Waals surface area (Å²) in [5.74, 6) is -0.0770. The van der Waals surface area contributed by atoms with Gasteiger partial charge in [-0.3, -0.25) is 4.79 Å². The number of aliphatic hydroxyl groups excluding tert-OH is 2. The monoisotopic (exact) mass is 740 g/mol. The molecule has 2 unspecified atom stereocenters. The number of nitrogens with one attached hydrogen (secondary N) is 1. The highest BCUT2D eigenvalue weighted by Crippen LogP contribution is 2.15. The molecule has 2 atom stereocenters. The molecule has 53 heavy (non-hydrogen) atoms. The van der Waals surface area contributed by atoms with Crippen molar-refractivity contribution in [2.45, 2.75) is 238 Å². The number of amides is 1. The van der Waals surface area contributed by atoms with Crippen molar-refractivity contribution in [2.75, 3.05) is 6.61 Å². The van der Waals surface area contributed by atoms with Crippen molar-refractivity contribution in [1.29, 1.82) is 0 Å². The fourth-order valence-electron chi connectivity index (χ4n) is 6.67. The zero-order valence-corrected chi connectivity index (χ0v) is 35.3. The van der Waals surface area contributed by atoms with E-state index in [-0.39, 0.29) is 12.5 Å². The summed E-state index contributed by atoms with van der Waals surface area (Å²) in [6.45, 7) is 4.24. The van der Waals surface area contributed by atoms with E-state index in [4.69, 9.17) is 0 Å². The van der Waals surface area contributed by atoms with E-state index in [0.717, 1.165) is 44.9 Å². The van der Waals surface area contributed by atoms with E-state index in [1.807, 2.05) is 6.08 Å². The second-order valence-electron chi connectivity index (χ2n) is 15.5. The molecule has 3 N–H and O–H groups in total. The minimum Gasteiger partial charge on any atom is -0.394 e. The maximum absolute atomic E-state index is 12.3. The Morgan fingerprint density at radius 3 is 1.25 bits per heavy atom. The van der Waals surface area contributed by atoms with Gasteiger partial charge in [0.05, 0.1) is 18.8 Å². The van der Waals surface area contributed by atoms with Crippen molar-refractivity contribution in [1.82, 2.24) is 5.32 Å². The summed E-state index contributed by atoms with van der Waals surface area (Å²) in [5, 5.41) is 22.9. The Morgan fingerprint density at radius 2 is 0.792 bits per heavy atom. The molecule has 0 aliphatic carbocycles. The van der Waals surface area contributed by atoms with E-state index >= 15 is 0 Å². The lowest BCUT2D eigenvalue weighted by atomic mass is 10.0. The molecule has 0 bridgehead atoms. The van der Waals surface area contributed by atoms with Crippen LogP contribution in [-0.2, 0) is 4.79 Å². The van der Waals surface area contributed by atoms with Gasteiger partial charge in [0.2, 0.25) is 5.91 Å². The number of carbonyl (C=O) groups excluding carboxylic acids is 1. The highest BCUT2D eigenvalue weighted by Gasteiger charge is 2.17. The molecule has 0 radical (unpaired) electrons. The zero-order chi connectivity index (χ0) is 38.6. The predicted molar refractivity (Wildman–Crippen MR) is 234 cm³/mol. The van der Waals surface area contributed by atoms with Crippen LogP contribution in [0.3, 0.4) is 0 Å². The third-order valence-corrected chi connectivity index (χ3v) is 10.2. The SMILES string of the molecule is CCCCCC/C=C/CC/C=C/C(O)C(CO)NC(=O)CCCCCCCCCCCCCCCCCC/C=C\C/C=C\C/C=C\CCCCCCC. The summed E-state index contributed by atoms with van der Waals surface area (Å²) in [4.78, 5) is 12.3. The van der Waals surface area contributed by atoms with Crippen LogP contribution in [0.25, 0.3) is 0 Å². The van der Waals surface area contributed by atoms with E-state index in [9.17, 15) is 15.0 Å². The zero-order valence-electron chi connectivity index (χ0n) is 35.3. The van der Waals surface area contributed by atoms with Crippen molar-refractivity contribution in [3.05, 3.63) is 60.8 Å². The molecule has 308 valence electrons. The van der Waals surface area contributed by atoms with Gasteiger partial charge in [-0.05, 0) is 70.6 Å². The van der Waals surface area contributed by atoms with Gasteiger partial charge < -0.3 is 15.5 Å². The van der Waals surface area contributed by atoms with Gasteiger partial charge in [0.1, 0.15) is 0 Å². The number of unbranched alkanes of at least 4 members (excludes halogenated alkanes) is 26. The molecule has 0 fully saturated rings. The van der Waals surface area contributed by atoms with Crippen LogP contribution in [0.15, 0.2) is 60.8 Å². The van der Waals surface area contributed by atoms with Gasteiger partial charge in [-0.1, -0.05) is 209 Å². The molecule has 0 saturated heterocycles. The summed E-state index contributed by atoms with van der Waals surface area (Å²) >= 11 is 0. The molecule has 4 heteroatoms. The van der Waals surface area contributed by atoms with E-state index in [2.05, 4.69) is 67.8 Å². The minimum atomic E-state index is -0.861. The first kappa shape index (κ1) is 51.1. The van der Waals surface area contributed by atoms with Crippen molar-refractivity contribution in [2.24, 2.45) is 0 Å². The third kappa shape index (κ3) is 41.1. The first-order valence-corrected chi connectivity index (χ1v) is 23.0. The highest BCUT2D eigenvalue weighted by molar-refractivity contribution is 5.76. The molecule has 0 aromatic carbocycles. The molecule has 0 rings (SSSR count). The van der Waals surface area contributed by atoms with Crippen LogP contribution in [0.2, 0.25) is 0 Å². The second-order valence-corrected chi connectivity index (χ2v) is 15.5. The lowest BCUT2D eigenvalue weighted by Gasteiger charge is -2.19. The molecule has 0 aliphatic rings. The lowest BCUT2D eigenvalue weighted by molar-refractivity contribution is -0.123. The Balaban J connectivity index is 3.49. The second kappa shape index (κ2) is 44.5. The van der Waals surface area contributed by atoms with Crippen molar-refractivity contribution in [3.63, 3.8) is 0 Å². The maximum Gasteiger partial charge on any atom is 0.220 e. The number of aliphatic hydroxyl groups is 2. The summed E-state index contributed by atoms with van der Waals surface area (Å²) in [6.07, 6.45) is 62.1. The minimum absolute atomic E-state index is 0.0770. The van der Waals surface area contributed by atoms with Gasteiger partial charge in [0, 0.05) is 6.42 Å². The van der Waals surface area contributed by atoms with Gasteiger partial charge in [0.25, 0.3) is 0 Å². The average Bonchev–Trinajstić information content (AvgIpc) is 3.16. The van der Waals surface area contributed by atoms with Crippen molar-refractivity contribution < 1.29 is 15.0 Å². The molecular weight excluding hydrogens is 651 g/mol. The molecule has 0 saturated carbocycles. The lowest BCUT2D eigenvalue weighted by Crippen LogP contribution is -2.45. The molecule has 1 amide bonds. The quantitative estimate of drug-likeness (QED) is 0.0432. The average molecular weight is 740 g/mol. The number of hydrogen-bond acceptors (Lipinski definition) is 3. The Hall–Kier alpha value is -1.91. The van der Waals surface area contributed by atoms with Crippen LogP contribution in [0.5, 0.6) is 0 Å². The molecular formula is C49H89NO3. The predicted octanol–water partition coefficient (Wildman–Crippen LogP) is 14.5. The number of rotatable bonds is 41. The Kier molecular flexibility index (Phi) is 42.9. The van der Waals surface area contributed by atoms with Crippen molar-refractivity contribution in [3.8, 4) is 0 Å². The van der Waals surface area contributed by atoms with Gasteiger partial charge in [-0.25, -0.2) is 0 Å². The van der Waals surface area contributed by atoms with Crippen LogP contribution in [0.4, 0.5) is 0 Å². The highest BCUT2D eigenvalue weighted by atomic mass is 16.3. The van der Waals surface area contributed by atoms with Crippen LogP contribution in [0.1, 0.15) is 226 Å². The van der Waals surface area contributed by atoms with E-state index in [1.165, 1.54) is 161 Å². The Labute approximate surface area is 330 Å². The summed E-state index contributed by atoms with van der Waals surface area (Å²) in [5.41, 5.74) is 0. The first-order chi connectivity index (χ1) is 26.2. The number of allylic oxidation sites excluding steroid dienone is 9. The van der Waals surface area contributed by atoms with E-state index in [0.29, 0.717) is 6.42 Å². The van der Waals surface area contributed by atoms with Gasteiger partial charge in [0.15, 0.2) is 0 Å².